The number of hydrogen-bond donors (Lipinski definition) is 1. The van der Waals surface area contributed by atoms with E-state index in [9.17, 15) is 5.11 Å². The van der Waals surface area contributed by atoms with E-state index < -0.39 is 6.10 Å². The molecule has 0 bridgehead atoms. The molecule has 7 nitrogen and oxygen atoms in total. The Hall–Kier alpha value is -1.76. The van der Waals surface area contributed by atoms with Gasteiger partial charge in [0.1, 0.15) is 0 Å². The minimum atomic E-state index is -0.414. The average molecular weight is 263 g/mol. The lowest BCUT2D eigenvalue weighted by Crippen LogP contribution is -2.15. The molecule has 0 amide bonds. The fraction of sp³-hybridized carbons (Fsp3) is 0.667. The lowest BCUT2D eigenvalue weighted by atomic mass is 9.85. The van der Waals surface area contributed by atoms with Gasteiger partial charge in [0, 0.05) is 5.92 Å². The number of aliphatic hydroxyl groups excluding tert-OH is 1. The molecule has 19 heavy (non-hydrogen) atoms. The van der Waals surface area contributed by atoms with Crippen molar-refractivity contribution in [3.8, 4) is 11.6 Å². The Bertz CT molecular complexity index is 546. The summed E-state index contributed by atoms with van der Waals surface area (Å²) in [7, 11) is 0. The van der Waals surface area contributed by atoms with Gasteiger partial charge in [-0.3, -0.25) is 0 Å². The van der Waals surface area contributed by atoms with Crippen molar-refractivity contribution in [1.82, 2.24) is 25.1 Å². The summed E-state index contributed by atoms with van der Waals surface area (Å²) in [6.07, 6.45) is 5.49. The van der Waals surface area contributed by atoms with E-state index in [2.05, 4.69) is 20.5 Å². The Morgan fingerprint density at radius 1 is 1.53 bits per heavy atom. The molecule has 1 saturated carbocycles. The Labute approximate surface area is 110 Å². The third-order valence-electron chi connectivity index (χ3n) is 3.54. The fourth-order valence-corrected chi connectivity index (χ4v) is 2.00. The van der Waals surface area contributed by atoms with Crippen LogP contribution in [0.15, 0.2) is 10.7 Å². The third-order valence-corrected chi connectivity index (χ3v) is 3.54. The van der Waals surface area contributed by atoms with E-state index in [4.69, 9.17) is 4.52 Å². The molecule has 0 aliphatic heterocycles. The van der Waals surface area contributed by atoms with Gasteiger partial charge in [-0.1, -0.05) is 23.7 Å². The van der Waals surface area contributed by atoms with Crippen LogP contribution < -0.4 is 0 Å². The lowest BCUT2D eigenvalue weighted by molar-refractivity contribution is 0.144. The predicted molar refractivity (Wildman–Crippen MR) is 66.2 cm³/mol. The van der Waals surface area contributed by atoms with Crippen molar-refractivity contribution >= 4 is 0 Å². The first-order valence-electron chi connectivity index (χ1n) is 6.68. The molecule has 1 N–H and O–H groups in total. The summed E-state index contributed by atoms with van der Waals surface area (Å²) in [5.41, 5.74) is 0.557. The Balaban J connectivity index is 1.72. The smallest absolute Gasteiger partial charge is 0.280 e. The summed E-state index contributed by atoms with van der Waals surface area (Å²) in [5, 5.41) is 21.5. The minimum Gasteiger partial charge on any atom is -0.391 e. The van der Waals surface area contributed by atoms with Crippen molar-refractivity contribution in [3.63, 3.8) is 0 Å². The van der Waals surface area contributed by atoms with E-state index in [0.29, 0.717) is 30.5 Å². The second-order valence-electron chi connectivity index (χ2n) is 4.97. The number of hydrogen-bond acceptors (Lipinski definition) is 6. The summed E-state index contributed by atoms with van der Waals surface area (Å²) in [4.78, 5) is 4.36. The molecule has 2 aromatic rings. The molecular weight excluding hydrogens is 246 g/mol. The molecule has 2 heterocycles. The van der Waals surface area contributed by atoms with Crippen LogP contribution in [0.4, 0.5) is 0 Å². The predicted octanol–water partition coefficient (Wildman–Crippen LogP) is 1.37. The standard InChI is InChI=1S/C12H17N5O2/c1-2-9(18)6-17-7-10(14-16-17)12-13-11(15-19-12)8-4-3-5-8/h7-9,18H,2-6H2,1H3. The first-order valence-corrected chi connectivity index (χ1v) is 6.68. The molecule has 1 atom stereocenters. The van der Waals surface area contributed by atoms with Gasteiger partial charge in [0.05, 0.1) is 18.8 Å². The molecular formula is C12H17N5O2. The maximum Gasteiger partial charge on any atom is 0.280 e. The highest BCUT2D eigenvalue weighted by Gasteiger charge is 2.25. The van der Waals surface area contributed by atoms with Crippen LogP contribution in [0.1, 0.15) is 44.3 Å². The largest absolute Gasteiger partial charge is 0.391 e. The van der Waals surface area contributed by atoms with Crippen LogP contribution in [0.2, 0.25) is 0 Å². The van der Waals surface area contributed by atoms with Gasteiger partial charge in [-0.15, -0.1) is 5.10 Å². The van der Waals surface area contributed by atoms with Crippen LogP contribution in [0, 0.1) is 0 Å². The number of aliphatic hydroxyl groups is 1. The monoisotopic (exact) mass is 263 g/mol. The highest BCUT2D eigenvalue weighted by Crippen LogP contribution is 2.35. The van der Waals surface area contributed by atoms with Gasteiger partial charge in [-0.25, -0.2) is 4.68 Å². The molecule has 0 saturated heterocycles. The maximum atomic E-state index is 9.57. The van der Waals surface area contributed by atoms with Crippen molar-refractivity contribution in [2.75, 3.05) is 0 Å². The van der Waals surface area contributed by atoms with E-state index >= 15 is 0 Å². The zero-order valence-corrected chi connectivity index (χ0v) is 10.9. The maximum absolute atomic E-state index is 9.57. The summed E-state index contributed by atoms with van der Waals surface area (Å²) in [6, 6.07) is 0. The zero-order chi connectivity index (χ0) is 13.2. The van der Waals surface area contributed by atoms with Gasteiger partial charge >= 0.3 is 0 Å². The van der Waals surface area contributed by atoms with Gasteiger partial charge in [0.2, 0.25) is 0 Å². The fourth-order valence-electron chi connectivity index (χ4n) is 2.00. The van der Waals surface area contributed by atoms with Gasteiger partial charge in [-0.2, -0.15) is 4.98 Å². The van der Waals surface area contributed by atoms with Crippen LogP contribution in [-0.4, -0.2) is 36.3 Å². The summed E-state index contributed by atoms with van der Waals surface area (Å²) < 4.78 is 6.81. The molecule has 1 aliphatic rings. The van der Waals surface area contributed by atoms with Crippen molar-refractivity contribution in [3.05, 3.63) is 12.0 Å². The number of nitrogens with zero attached hydrogens (tertiary/aromatic N) is 5. The minimum absolute atomic E-state index is 0.402. The van der Waals surface area contributed by atoms with Gasteiger partial charge in [-0.05, 0) is 19.3 Å². The summed E-state index contributed by atoms with van der Waals surface area (Å²) >= 11 is 0. The van der Waals surface area contributed by atoms with E-state index in [1.807, 2.05) is 6.92 Å². The topological polar surface area (TPSA) is 89.9 Å². The van der Waals surface area contributed by atoms with E-state index in [0.717, 1.165) is 18.7 Å². The van der Waals surface area contributed by atoms with Crippen LogP contribution in [0.3, 0.4) is 0 Å². The first kappa shape index (κ1) is 12.3. The Morgan fingerprint density at radius 2 is 2.37 bits per heavy atom. The summed E-state index contributed by atoms with van der Waals surface area (Å²) in [5.74, 6) is 1.61. The quantitative estimate of drug-likeness (QED) is 0.876. The number of aromatic nitrogens is 5. The molecule has 2 aromatic heterocycles. The van der Waals surface area contributed by atoms with Crippen LogP contribution in [0.25, 0.3) is 11.6 Å². The number of rotatable bonds is 5. The van der Waals surface area contributed by atoms with E-state index in [-0.39, 0.29) is 0 Å². The Morgan fingerprint density at radius 3 is 3.05 bits per heavy atom. The van der Waals surface area contributed by atoms with Gasteiger partial charge in [0.15, 0.2) is 11.5 Å². The lowest BCUT2D eigenvalue weighted by Gasteiger charge is -2.20. The molecule has 102 valence electrons. The van der Waals surface area contributed by atoms with Crippen molar-refractivity contribution in [1.29, 1.82) is 0 Å². The zero-order valence-electron chi connectivity index (χ0n) is 10.9. The third kappa shape index (κ3) is 2.51. The van der Waals surface area contributed by atoms with Gasteiger partial charge in [0.25, 0.3) is 5.89 Å². The molecule has 0 aromatic carbocycles. The van der Waals surface area contributed by atoms with Crippen LogP contribution >= 0.6 is 0 Å². The molecule has 1 fully saturated rings. The molecule has 7 heteroatoms. The normalized spacial score (nSPS) is 17.4. The second-order valence-corrected chi connectivity index (χ2v) is 4.97. The highest BCUT2D eigenvalue weighted by molar-refractivity contribution is 5.43. The van der Waals surface area contributed by atoms with Crippen molar-refractivity contribution in [2.24, 2.45) is 0 Å². The molecule has 0 radical (unpaired) electrons. The van der Waals surface area contributed by atoms with Gasteiger partial charge < -0.3 is 9.63 Å². The molecule has 3 rings (SSSR count). The SMILES string of the molecule is CCC(O)Cn1cc(-c2nc(C3CCC3)no2)nn1. The van der Waals surface area contributed by atoms with E-state index in [1.54, 1.807) is 10.9 Å². The van der Waals surface area contributed by atoms with Crippen molar-refractivity contribution in [2.45, 2.75) is 51.2 Å². The summed E-state index contributed by atoms with van der Waals surface area (Å²) in [6.45, 7) is 2.35. The molecule has 0 spiro atoms. The Kier molecular flexibility index (Phi) is 3.29. The first-order chi connectivity index (χ1) is 9.26. The van der Waals surface area contributed by atoms with Crippen LogP contribution in [0.5, 0.6) is 0 Å². The van der Waals surface area contributed by atoms with Crippen molar-refractivity contribution < 1.29 is 9.63 Å². The second kappa shape index (κ2) is 5.08. The highest BCUT2D eigenvalue weighted by atomic mass is 16.5. The average Bonchev–Trinajstić information content (AvgIpc) is 2.95. The van der Waals surface area contributed by atoms with E-state index in [1.165, 1.54) is 6.42 Å². The molecule has 1 aliphatic carbocycles. The molecule has 1 unspecified atom stereocenters. The van der Waals surface area contributed by atoms with Crippen LogP contribution in [-0.2, 0) is 6.54 Å².